The van der Waals surface area contributed by atoms with Crippen molar-refractivity contribution < 1.29 is 9.31 Å². The SMILES string of the molecule is C=C1OB(c2cc3cccc(Cl)c3[nH]2)OC1=C. The number of hydrogen-bond acceptors (Lipinski definition) is 2. The third kappa shape index (κ3) is 1.61. The van der Waals surface area contributed by atoms with Gasteiger partial charge in [-0.25, -0.2) is 0 Å². The topological polar surface area (TPSA) is 34.2 Å². The number of aromatic nitrogens is 1. The Hall–Kier alpha value is -1.81. The van der Waals surface area contributed by atoms with Crippen LogP contribution >= 0.6 is 11.6 Å². The molecule has 1 saturated heterocycles. The van der Waals surface area contributed by atoms with Gasteiger partial charge in [0.25, 0.3) is 0 Å². The highest BCUT2D eigenvalue weighted by atomic mass is 35.5. The van der Waals surface area contributed by atoms with Crippen LogP contribution in [0.15, 0.2) is 48.9 Å². The largest absolute Gasteiger partial charge is 0.650 e. The van der Waals surface area contributed by atoms with Crippen molar-refractivity contribution in [1.82, 2.24) is 4.98 Å². The van der Waals surface area contributed by atoms with Crippen molar-refractivity contribution in [2.24, 2.45) is 0 Å². The van der Waals surface area contributed by atoms with Gasteiger partial charge in [0.15, 0.2) is 0 Å². The van der Waals surface area contributed by atoms with Crippen LogP contribution in [-0.2, 0) is 9.31 Å². The van der Waals surface area contributed by atoms with E-state index in [2.05, 4.69) is 18.1 Å². The maximum absolute atomic E-state index is 6.09. The number of fused-ring (bicyclic) bond motifs is 1. The van der Waals surface area contributed by atoms with Gasteiger partial charge in [-0.15, -0.1) is 0 Å². The molecule has 0 radical (unpaired) electrons. The summed E-state index contributed by atoms with van der Waals surface area (Å²) < 4.78 is 10.9. The van der Waals surface area contributed by atoms with E-state index in [9.17, 15) is 0 Å². The lowest BCUT2D eigenvalue weighted by atomic mass is 9.85. The fraction of sp³-hybridized carbons (Fsp3) is 0. The van der Waals surface area contributed by atoms with Crippen molar-refractivity contribution in [3.05, 3.63) is 54.0 Å². The second kappa shape index (κ2) is 3.60. The van der Waals surface area contributed by atoms with E-state index in [0.717, 1.165) is 16.5 Å². The zero-order valence-electron chi connectivity index (χ0n) is 9.00. The number of halogens is 1. The van der Waals surface area contributed by atoms with Crippen LogP contribution in [0, 0.1) is 0 Å². The molecule has 1 aromatic heterocycles. The Labute approximate surface area is 104 Å². The van der Waals surface area contributed by atoms with E-state index in [4.69, 9.17) is 20.9 Å². The maximum atomic E-state index is 6.09. The number of H-pyrrole nitrogens is 1. The molecule has 17 heavy (non-hydrogen) atoms. The van der Waals surface area contributed by atoms with Crippen molar-refractivity contribution in [1.29, 1.82) is 0 Å². The number of hydrogen-bond donors (Lipinski definition) is 1. The van der Waals surface area contributed by atoms with Crippen molar-refractivity contribution in [2.75, 3.05) is 0 Å². The average molecular weight is 245 g/mol. The lowest BCUT2D eigenvalue weighted by Crippen LogP contribution is -2.32. The van der Waals surface area contributed by atoms with Gasteiger partial charge < -0.3 is 14.3 Å². The molecule has 0 bridgehead atoms. The summed E-state index contributed by atoms with van der Waals surface area (Å²) >= 11 is 6.09. The Morgan fingerprint density at radius 1 is 1.18 bits per heavy atom. The van der Waals surface area contributed by atoms with Gasteiger partial charge in [-0.3, -0.25) is 0 Å². The molecule has 0 saturated carbocycles. The van der Waals surface area contributed by atoms with Crippen molar-refractivity contribution >= 4 is 35.2 Å². The quantitative estimate of drug-likeness (QED) is 0.784. The Morgan fingerprint density at radius 2 is 1.88 bits per heavy atom. The number of benzene rings is 1. The summed E-state index contributed by atoms with van der Waals surface area (Å²) in [6.45, 7) is 7.39. The van der Waals surface area contributed by atoms with Crippen LogP contribution in [0.25, 0.3) is 10.9 Å². The second-order valence-corrected chi connectivity index (χ2v) is 4.25. The predicted octanol–water partition coefficient (Wildman–Crippen LogP) is 2.59. The molecule has 0 amide bonds. The summed E-state index contributed by atoms with van der Waals surface area (Å²) in [6.07, 6.45) is 0. The highest BCUT2D eigenvalue weighted by molar-refractivity contribution is 6.62. The molecule has 1 aliphatic rings. The highest BCUT2D eigenvalue weighted by Gasteiger charge is 2.36. The van der Waals surface area contributed by atoms with Crippen LogP contribution < -0.4 is 5.59 Å². The molecule has 84 valence electrons. The zero-order valence-corrected chi connectivity index (χ0v) is 9.75. The minimum absolute atomic E-state index is 0.458. The predicted molar refractivity (Wildman–Crippen MR) is 69.1 cm³/mol. The summed E-state index contributed by atoms with van der Waals surface area (Å²) in [5.74, 6) is 0.916. The minimum Gasteiger partial charge on any atom is -0.519 e. The lowest BCUT2D eigenvalue weighted by molar-refractivity contribution is 0.430. The van der Waals surface area contributed by atoms with Gasteiger partial charge in [0.2, 0.25) is 0 Å². The monoisotopic (exact) mass is 245 g/mol. The summed E-state index contributed by atoms with van der Waals surface area (Å²) in [5, 5.41) is 1.69. The first kappa shape index (κ1) is 10.4. The molecule has 3 nitrogen and oxygen atoms in total. The third-order valence-electron chi connectivity index (χ3n) is 2.69. The van der Waals surface area contributed by atoms with Gasteiger partial charge in [-0.05, 0) is 12.1 Å². The molecule has 1 N–H and O–H groups in total. The molecule has 5 heteroatoms. The maximum Gasteiger partial charge on any atom is 0.650 e. The molecule has 0 unspecified atom stereocenters. The molecule has 0 atom stereocenters. The second-order valence-electron chi connectivity index (χ2n) is 3.84. The highest BCUT2D eigenvalue weighted by Crippen LogP contribution is 2.24. The zero-order chi connectivity index (χ0) is 12.0. The van der Waals surface area contributed by atoms with Crippen molar-refractivity contribution in [3.63, 3.8) is 0 Å². The number of aromatic amines is 1. The first-order valence-corrected chi connectivity index (χ1v) is 5.51. The molecule has 1 aliphatic heterocycles. The van der Waals surface area contributed by atoms with Gasteiger partial charge in [-0.1, -0.05) is 36.9 Å². The van der Waals surface area contributed by atoms with Gasteiger partial charge in [0.1, 0.15) is 11.5 Å². The third-order valence-corrected chi connectivity index (χ3v) is 3.00. The van der Waals surface area contributed by atoms with Gasteiger partial charge in [0.05, 0.1) is 16.1 Å². The summed E-state index contributed by atoms with van der Waals surface area (Å²) in [6, 6.07) is 7.65. The standard InChI is InChI=1S/C12H9BClNO2/c1-7-8(2)17-13(16-7)11-6-9-4-3-5-10(14)12(9)15-11/h3-6,15H,1-2H2. The van der Waals surface area contributed by atoms with E-state index < -0.39 is 7.12 Å². The molecule has 3 rings (SSSR count). The minimum atomic E-state index is -0.515. The number of rotatable bonds is 1. The Bertz CT molecular complexity index is 618. The Balaban J connectivity index is 2.05. The molecule has 2 heterocycles. The van der Waals surface area contributed by atoms with Crippen molar-refractivity contribution in [3.8, 4) is 0 Å². The summed E-state index contributed by atoms with van der Waals surface area (Å²) in [4.78, 5) is 3.18. The number of nitrogens with one attached hydrogen (secondary N) is 1. The van der Waals surface area contributed by atoms with E-state index in [1.54, 1.807) is 0 Å². The van der Waals surface area contributed by atoms with Gasteiger partial charge in [0, 0.05) is 5.39 Å². The fourth-order valence-electron chi connectivity index (χ4n) is 1.81. The van der Waals surface area contributed by atoms with Crippen LogP contribution in [0.3, 0.4) is 0 Å². The molecule has 0 aliphatic carbocycles. The van der Waals surface area contributed by atoms with Crippen LogP contribution in [-0.4, -0.2) is 12.1 Å². The van der Waals surface area contributed by atoms with Crippen LogP contribution in [0.1, 0.15) is 0 Å². The first-order chi connectivity index (χ1) is 8.15. The molecule has 1 aromatic carbocycles. The molecular formula is C12H9BClNO2. The van der Waals surface area contributed by atoms with E-state index in [1.807, 2.05) is 24.3 Å². The van der Waals surface area contributed by atoms with E-state index in [-0.39, 0.29) is 0 Å². The Kier molecular flexibility index (Phi) is 2.19. The summed E-state index contributed by atoms with van der Waals surface area (Å²) in [7, 11) is -0.515. The smallest absolute Gasteiger partial charge is 0.519 e. The molecule has 0 spiro atoms. The lowest BCUT2D eigenvalue weighted by Gasteiger charge is -1.99. The van der Waals surface area contributed by atoms with Gasteiger partial charge >= 0.3 is 7.12 Å². The molecule has 2 aromatic rings. The summed E-state index contributed by atoms with van der Waals surface area (Å²) in [5.41, 5.74) is 1.67. The van der Waals surface area contributed by atoms with Crippen molar-refractivity contribution in [2.45, 2.75) is 0 Å². The van der Waals surface area contributed by atoms with E-state index >= 15 is 0 Å². The average Bonchev–Trinajstić information content (AvgIpc) is 2.85. The van der Waals surface area contributed by atoms with Crippen LogP contribution in [0.5, 0.6) is 0 Å². The normalized spacial score (nSPS) is 15.2. The van der Waals surface area contributed by atoms with Crippen LogP contribution in [0.2, 0.25) is 5.02 Å². The Morgan fingerprint density at radius 3 is 2.53 bits per heavy atom. The van der Waals surface area contributed by atoms with Gasteiger partial charge in [-0.2, -0.15) is 0 Å². The van der Waals surface area contributed by atoms with E-state index in [1.165, 1.54) is 0 Å². The number of para-hydroxylation sites is 1. The molecular weight excluding hydrogens is 236 g/mol. The van der Waals surface area contributed by atoms with E-state index in [0.29, 0.717) is 16.5 Å². The molecule has 1 fully saturated rings. The van der Waals surface area contributed by atoms with Crippen LogP contribution in [0.4, 0.5) is 0 Å². The fourth-order valence-corrected chi connectivity index (χ4v) is 2.04. The first-order valence-electron chi connectivity index (χ1n) is 5.14.